The van der Waals surface area contributed by atoms with Gasteiger partial charge in [0.1, 0.15) is 0 Å². The minimum Gasteiger partial charge on any atom is -0.361 e. The van der Waals surface area contributed by atoms with Gasteiger partial charge in [-0.25, -0.2) is 4.79 Å². The Labute approximate surface area is 129 Å². The van der Waals surface area contributed by atoms with Crippen LogP contribution in [0.25, 0.3) is 10.9 Å². The monoisotopic (exact) mass is 296 g/mol. The van der Waals surface area contributed by atoms with Gasteiger partial charge < -0.3 is 15.2 Å². The van der Waals surface area contributed by atoms with Crippen LogP contribution >= 0.6 is 0 Å². The largest absolute Gasteiger partial charge is 0.361 e. The van der Waals surface area contributed by atoms with Crippen LogP contribution in [0.2, 0.25) is 0 Å². The van der Waals surface area contributed by atoms with Gasteiger partial charge in [0.05, 0.1) is 12.0 Å². The molecule has 5 nitrogen and oxygen atoms in total. The third-order valence-corrected chi connectivity index (χ3v) is 4.24. The number of aromatic nitrogens is 1. The van der Waals surface area contributed by atoms with Crippen molar-refractivity contribution in [2.24, 2.45) is 5.92 Å². The molecule has 2 amide bonds. The summed E-state index contributed by atoms with van der Waals surface area (Å²) in [7, 11) is 0. The maximum Gasteiger partial charge on any atom is 0.317 e. The first kappa shape index (κ1) is 14.5. The van der Waals surface area contributed by atoms with Crippen LogP contribution in [-0.2, 0) is 6.42 Å². The van der Waals surface area contributed by atoms with Crippen molar-refractivity contribution in [3.05, 3.63) is 36.0 Å². The van der Waals surface area contributed by atoms with Crippen molar-refractivity contribution in [3.63, 3.8) is 0 Å². The Morgan fingerprint density at radius 1 is 1.45 bits per heavy atom. The van der Waals surface area contributed by atoms with Gasteiger partial charge in [-0.05, 0) is 30.9 Å². The number of rotatable bonds is 3. The van der Waals surface area contributed by atoms with Crippen LogP contribution in [0.5, 0.6) is 0 Å². The number of H-pyrrole nitrogens is 1. The molecule has 2 N–H and O–H groups in total. The number of aromatic amines is 1. The number of benzene rings is 1. The average Bonchev–Trinajstić information content (AvgIpc) is 2.98. The number of carbonyl (C=O) groups excluding carboxylic acids is 1. The Balaban J connectivity index is 1.52. The van der Waals surface area contributed by atoms with Gasteiger partial charge >= 0.3 is 6.03 Å². The molecule has 0 aliphatic carbocycles. The highest BCUT2D eigenvalue weighted by Crippen LogP contribution is 2.18. The quantitative estimate of drug-likeness (QED) is 0.914. The van der Waals surface area contributed by atoms with Crippen LogP contribution in [0.4, 0.5) is 4.79 Å². The lowest BCUT2D eigenvalue weighted by Gasteiger charge is -2.29. The number of likely N-dealkylation sites (tertiary alicyclic amines) is 1. The van der Waals surface area contributed by atoms with Crippen molar-refractivity contribution in [2.45, 2.75) is 19.3 Å². The van der Waals surface area contributed by atoms with E-state index in [1.807, 2.05) is 24.4 Å². The Morgan fingerprint density at radius 2 is 2.32 bits per heavy atom. The summed E-state index contributed by atoms with van der Waals surface area (Å²) < 4.78 is 0. The van der Waals surface area contributed by atoms with Gasteiger partial charge in [-0.2, -0.15) is 5.26 Å². The molecule has 0 radical (unpaired) electrons. The lowest BCUT2D eigenvalue weighted by atomic mass is 10.0. The smallest absolute Gasteiger partial charge is 0.317 e. The molecule has 1 saturated heterocycles. The van der Waals surface area contributed by atoms with Gasteiger partial charge in [-0.3, -0.25) is 0 Å². The van der Waals surface area contributed by atoms with E-state index in [0.717, 1.165) is 31.3 Å². The molecular weight excluding hydrogens is 276 g/mol. The zero-order valence-electron chi connectivity index (χ0n) is 12.5. The van der Waals surface area contributed by atoms with E-state index in [1.54, 1.807) is 4.90 Å². The van der Waals surface area contributed by atoms with E-state index in [2.05, 4.69) is 22.4 Å². The summed E-state index contributed by atoms with van der Waals surface area (Å²) in [4.78, 5) is 17.1. The summed E-state index contributed by atoms with van der Waals surface area (Å²) in [5.74, 6) is -0.0203. The molecule has 1 aliphatic rings. The van der Waals surface area contributed by atoms with Gasteiger partial charge in [0.2, 0.25) is 0 Å². The van der Waals surface area contributed by atoms with E-state index >= 15 is 0 Å². The van der Waals surface area contributed by atoms with Crippen molar-refractivity contribution < 1.29 is 4.79 Å². The first-order valence-electron chi connectivity index (χ1n) is 7.75. The lowest BCUT2D eigenvalue weighted by Crippen LogP contribution is -2.45. The van der Waals surface area contributed by atoms with Crippen LogP contribution in [0.1, 0.15) is 18.4 Å². The summed E-state index contributed by atoms with van der Waals surface area (Å²) >= 11 is 0. The highest BCUT2D eigenvalue weighted by atomic mass is 16.2. The molecule has 1 aromatic heterocycles. The van der Waals surface area contributed by atoms with Crippen LogP contribution in [-0.4, -0.2) is 35.5 Å². The molecule has 1 fully saturated rings. The highest BCUT2D eigenvalue weighted by Gasteiger charge is 2.22. The van der Waals surface area contributed by atoms with E-state index in [9.17, 15) is 4.79 Å². The van der Waals surface area contributed by atoms with Crippen molar-refractivity contribution in [1.82, 2.24) is 15.2 Å². The lowest BCUT2D eigenvalue weighted by molar-refractivity contribution is 0.176. The summed E-state index contributed by atoms with van der Waals surface area (Å²) in [6.45, 7) is 1.90. The highest BCUT2D eigenvalue weighted by molar-refractivity contribution is 5.83. The van der Waals surface area contributed by atoms with E-state index in [0.29, 0.717) is 13.1 Å². The second-order valence-electron chi connectivity index (χ2n) is 5.76. The third kappa shape index (κ3) is 3.06. The third-order valence-electron chi connectivity index (χ3n) is 4.24. The van der Waals surface area contributed by atoms with Crippen molar-refractivity contribution in [1.29, 1.82) is 5.26 Å². The first-order chi connectivity index (χ1) is 10.8. The van der Waals surface area contributed by atoms with Crippen molar-refractivity contribution in [3.8, 4) is 6.07 Å². The normalized spacial score (nSPS) is 18.1. The summed E-state index contributed by atoms with van der Waals surface area (Å²) in [5.41, 5.74) is 2.33. The number of hydrogen-bond donors (Lipinski definition) is 2. The molecular formula is C17H20N4O. The van der Waals surface area contributed by atoms with Crippen molar-refractivity contribution >= 4 is 16.9 Å². The number of urea groups is 1. The van der Waals surface area contributed by atoms with Crippen molar-refractivity contribution in [2.75, 3.05) is 19.6 Å². The molecule has 0 bridgehead atoms. The molecule has 1 aromatic carbocycles. The van der Waals surface area contributed by atoms with Crippen LogP contribution < -0.4 is 5.32 Å². The van der Waals surface area contributed by atoms with Gasteiger partial charge in [-0.1, -0.05) is 18.2 Å². The summed E-state index contributed by atoms with van der Waals surface area (Å²) in [6.07, 6.45) is 4.61. The molecule has 1 atom stereocenters. The topological polar surface area (TPSA) is 71.9 Å². The predicted molar refractivity (Wildman–Crippen MR) is 85.3 cm³/mol. The molecule has 0 spiro atoms. The molecule has 0 saturated carbocycles. The van der Waals surface area contributed by atoms with Crippen LogP contribution in [0.3, 0.4) is 0 Å². The molecule has 0 unspecified atom stereocenters. The van der Waals surface area contributed by atoms with Gasteiger partial charge in [-0.15, -0.1) is 0 Å². The molecule has 1 aliphatic heterocycles. The second kappa shape index (κ2) is 6.52. The SMILES string of the molecule is N#C[C@H]1CCCN(C(=O)NCCc2c[nH]c3ccccc23)C1. The molecule has 2 heterocycles. The Hall–Kier alpha value is -2.48. The number of nitrogens with one attached hydrogen (secondary N) is 2. The minimum atomic E-state index is -0.0557. The van der Waals surface area contributed by atoms with Gasteiger partial charge in [0.15, 0.2) is 0 Å². The number of nitrogens with zero attached hydrogens (tertiary/aromatic N) is 2. The summed E-state index contributed by atoms with van der Waals surface area (Å²) in [5, 5.41) is 13.2. The maximum absolute atomic E-state index is 12.1. The average molecular weight is 296 g/mol. The zero-order chi connectivity index (χ0) is 15.4. The number of fused-ring (bicyclic) bond motifs is 1. The molecule has 3 rings (SSSR count). The number of para-hydroxylation sites is 1. The van der Waals surface area contributed by atoms with Gasteiger partial charge in [0, 0.05) is 36.7 Å². The Kier molecular flexibility index (Phi) is 4.29. The number of piperidine rings is 1. The molecule has 114 valence electrons. The Morgan fingerprint density at radius 3 is 3.18 bits per heavy atom. The zero-order valence-corrected chi connectivity index (χ0v) is 12.5. The fraction of sp³-hybridized carbons (Fsp3) is 0.412. The molecule has 5 heteroatoms. The number of carbonyl (C=O) groups is 1. The van der Waals surface area contributed by atoms with Gasteiger partial charge in [0.25, 0.3) is 0 Å². The van der Waals surface area contributed by atoms with E-state index < -0.39 is 0 Å². The van der Waals surface area contributed by atoms with E-state index in [4.69, 9.17) is 5.26 Å². The standard InChI is InChI=1S/C17H20N4O/c18-10-13-4-3-9-21(12-13)17(22)19-8-7-14-11-20-16-6-2-1-5-15(14)16/h1-2,5-6,11,13,20H,3-4,7-9,12H2,(H,19,22)/t13-/m1/s1. The minimum absolute atomic E-state index is 0.0203. The first-order valence-corrected chi connectivity index (χ1v) is 7.75. The maximum atomic E-state index is 12.1. The number of nitriles is 1. The second-order valence-corrected chi connectivity index (χ2v) is 5.76. The van der Waals surface area contributed by atoms with Crippen LogP contribution in [0.15, 0.2) is 30.5 Å². The predicted octanol–water partition coefficient (Wildman–Crippen LogP) is 2.66. The fourth-order valence-electron chi connectivity index (χ4n) is 3.02. The molecule has 2 aromatic rings. The van der Waals surface area contributed by atoms with E-state index in [-0.39, 0.29) is 11.9 Å². The molecule has 22 heavy (non-hydrogen) atoms. The Bertz CT molecular complexity index is 700. The fourth-order valence-corrected chi connectivity index (χ4v) is 3.02. The van der Waals surface area contributed by atoms with Crippen LogP contribution in [0, 0.1) is 17.2 Å². The van der Waals surface area contributed by atoms with E-state index in [1.165, 1.54) is 10.9 Å². The number of hydrogen-bond acceptors (Lipinski definition) is 2. The number of amides is 2. The summed E-state index contributed by atoms with van der Waals surface area (Å²) in [6, 6.07) is 10.4.